The second kappa shape index (κ2) is 6.35. The van der Waals surface area contributed by atoms with Crippen molar-refractivity contribution < 1.29 is 0 Å². The molecule has 1 aromatic heterocycles. The van der Waals surface area contributed by atoms with E-state index in [9.17, 15) is 0 Å². The summed E-state index contributed by atoms with van der Waals surface area (Å²) in [5.74, 6) is 1.83. The molecule has 0 aromatic carbocycles. The first kappa shape index (κ1) is 16.3. The Morgan fingerprint density at radius 3 is 2.48 bits per heavy atom. The van der Waals surface area contributed by atoms with Crippen LogP contribution in [0.15, 0.2) is 12.1 Å². The molecule has 2 rings (SSSR count). The summed E-state index contributed by atoms with van der Waals surface area (Å²) in [6.07, 6.45) is 5.31. The molecule has 21 heavy (non-hydrogen) atoms. The number of hydrogen-bond acceptors (Lipinski definition) is 3. The van der Waals surface area contributed by atoms with Crippen LogP contribution in [-0.2, 0) is 12.0 Å². The molecule has 0 spiro atoms. The molecule has 0 bridgehead atoms. The molecular weight excluding hydrogens is 258 g/mol. The summed E-state index contributed by atoms with van der Waals surface area (Å²) in [6.45, 7) is 9.58. The number of nitrogens with two attached hydrogens (primary N) is 1. The largest absolute Gasteiger partial charge is 0.356 e. The summed E-state index contributed by atoms with van der Waals surface area (Å²) in [7, 11) is 2.20. The zero-order valence-electron chi connectivity index (χ0n) is 14.3. The summed E-state index contributed by atoms with van der Waals surface area (Å²) in [4.78, 5) is 7.32. The lowest BCUT2D eigenvalue weighted by molar-refractivity contribution is 0.320. The molecule has 0 saturated heterocycles. The van der Waals surface area contributed by atoms with Gasteiger partial charge in [-0.3, -0.25) is 0 Å². The van der Waals surface area contributed by atoms with Gasteiger partial charge >= 0.3 is 0 Å². The fraction of sp³-hybridized carbons (Fsp3) is 0.722. The summed E-state index contributed by atoms with van der Waals surface area (Å²) < 4.78 is 0. The predicted octanol–water partition coefficient (Wildman–Crippen LogP) is 3.85. The Bertz CT molecular complexity index is 476. The van der Waals surface area contributed by atoms with Gasteiger partial charge < -0.3 is 10.6 Å². The number of rotatable bonds is 3. The maximum Gasteiger partial charge on any atom is 0.129 e. The van der Waals surface area contributed by atoms with E-state index >= 15 is 0 Å². The molecule has 118 valence electrons. The molecule has 0 radical (unpaired) electrons. The molecule has 1 saturated carbocycles. The average molecular weight is 289 g/mol. The Morgan fingerprint density at radius 1 is 1.24 bits per heavy atom. The maximum atomic E-state index is 5.89. The van der Waals surface area contributed by atoms with Crippen LogP contribution < -0.4 is 10.6 Å². The quantitative estimate of drug-likeness (QED) is 0.919. The fourth-order valence-electron chi connectivity index (χ4n) is 3.30. The van der Waals surface area contributed by atoms with Gasteiger partial charge in [-0.2, -0.15) is 0 Å². The van der Waals surface area contributed by atoms with E-state index in [1.807, 2.05) is 0 Å². The monoisotopic (exact) mass is 289 g/mol. The van der Waals surface area contributed by atoms with Crippen molar-refractivity contribution in [1.82, 2.24) is 4.98 Å². The van der Waals surface area contributed by atoms with E-state index in [0.717, 1.165) is 17.4 Å². The third-order valence-corrected chi connectivity index (χ3v) is 4.80. The standard InChI is InChI=1S/C18H31N3/c1-13-8-6-7-9-15(13)21(5)17-11-14(12-19)10-16(20-17)18(2,3)4/h10-11,13,15H,6-9,12,19H2,1-5H3. The summed E-state index contributed by atoms with van der Waals surface area (Å²) in [5, 5.41) is 0. The summed E-state index contributed by atoms with van der Waals surface area (Å²) in [5.41, 5.74) is 8.26. The molecule has 3 heteroatoms. The molecule has 1 fully saturated rings. The van der Waals surface area contributed by atoms with Crippen LogP contribution >= 0.6 is 0 Å². The second-order valence-electron chi connectivity index (χ2n) is 7.61. The van der Waals surface area contributed by atoms with E-state index < -0.39 is 0 Å². The molecule has 1 heterocycles. The van der Waals surface area contributed by atoms with Crippen molar-refractivity contribution in [3.63, 3.8) is 0 Å². The molecule has 1 aliphatic carbocycles. The Hall–Kier alpha value is -1.09. The van der Waals surface area contributed by atoms with Crippen LogP contribution in [0.4, 0.5) is 5.82 Å². The minimum Gasteiger partial charge on any atom is -0.356 e. The normalized spacial score (nSPS) is 23.1. The minimum atomic E-state index is 0.0545. The van der Waals surface area contributed by atoms with Gasteiger partial charge in [0.15, 0.2) is 0 Å². The molecule has 0 amide bonds. The SMILES string of the molecule is CC1CCCCC1N(C)c1cc(CN)cc(C(C)(C)C)n1. The Labute approximate surface area is 129 Å². The van der Waals surface area contributed by atoms with E-state index in [4.69, 9.17) is 10.7 Å². The second-order valence-corrected chi connectivity index (χ2v) is 7.61. The molecule has 2 N–H and O–H groups in total. The maximum absolute atomic E-state index is 5.89. The van der Waals surface area contributed by atoms with Crippen LogP contribution in [0.2, 0.25) is 0 Å². The Kier molecular flexibility index (Phi) is 4.92. The zero-order chi connectivity index (χ0) is 15.6. The molecule has 0 aliphatic heterocycles. The lowest BCUT2D eigenvalue weighted by atomic mass is 9.85. The van der Waals surface area contributed by atoms with Gasteiger partial charge in [0.2, 0.25) is 0 Å². The van der Waals surface area contributed by atoms with E-state index in [0.29, 0.717) is 12.6 Å². The van der Waals surface area contributed by atoms with Gasteiger partial charge in [-0.1, -0.05) is 40.5 Å². The van der Waals surface area contributed by atoms with Gasteiger partial charge in [0.05, 0.1) is 0 Å². The summed E-state index contributed by atoms with van der Waals surface area (Å²) in [6, 6.07) is 4.92. The average Bonchev–Trinajstić information content (AvgIpc) is 2.45. The minimum absolute atomic E-state index is 0.0545. The fourth-order valence-corrected chi connectivity index (χ4v) is 3.30. The van der Waals surface area contributed by atoms with Crippen LogP contribution in [0.3, 0.4) is 0 Å². The molecule has 1 aliphatic rings. The van der Waals surface area contributed by atoms with Gasteiger partial charge in [0.25, 0.3) is 0 Å². The molecule has 2 unspecified atom stereocenters. The van der Waals surface area contributed by atoms with Crippen molar-refractivity contribution >= 4 is 5.82 Å². The number of hydrogen-bond donors (Lipinski definition) is 1. The van der Waals surface area contributed by atoms with Gasteiger partial charge in [-0.05, 0) is 36.5 Å². The van der Waals surface area contributed by atoms with E-state index in [-0.39, 0.29) is 5.41 Å². The first-order valence-electron chi connectivity index (χ1n) is 8.27. The van der Waals surface area contributed by atoms with Crippen molar-refractivity contribution in [2.75, 3.05) is 11.9 Å². The van der Waals surface area contributed by atoms with Crippen LogP contribution in [0.1, 0.15) is 64.6 Å². The highest BCUT2D eigenvalue weighted by Crippen LogP contribution is 2.31. The molecular formula is C18H31N3. The van der Waals surface area contributed by atoms with Crippen LogP contribution in [0, 0.1) is 5.92 Å². The lowest BCUT2D eigenvalue weighted by Gasteiger charge is -2.37. The van der Waals surface area contributed by atoms with Crippen LogP contribution in [0.25, 0.3) is 0 Å². The van der Waals surface area contributed by atoms with E-state index in [2.05, 4.69) is 51.8 Å². The third-order valence-electron chi connectivity index (χ3n) is 4.80. The highest BCUT2D eigenvalue weighted by atomic mass is 15.2. The number of nitrogens with zero attached hydrogens (tertiary/aromatic N) is 2. The van der Waals surface area contributed by atoms with Crippen molar-refractivity contribution in [3.8, 4) is 0 Å². The highest BCUT2D eigenvalue weighted by Gasteiger charge is 2.27. The van der Waals surface area contributed by atoms with Crippen LogP contribution in [0.5, 0.6) is 0 Å². The van der Waals surface area contributed by atoms with Gasteiger partial charge in [-0.25, -0.2) is 4.98 Å². The summed E-state index contributed by atoms with van der Waals surface area (Å²) >= 11 is 0. The zero-order valence-corrected chi connectivity index (χ0v) is 14.3. The van der Waals surface area contributed by atoms with Crippen molar-refractivity contribution in [1.29, 1.82) is 0 Å². The topological polar surface area (TPSA) is 42.1 Å². The van der Waals surface area contributed by atoms with Crippen molar-refractivity contribution in [2.24, 2.45) is 11.7 Å². The number of aromatic nitrogens is 1. The third kappa shape index (κ3) is 3.76. The van der Waals surface area contributed by atoms with Crippen LogP contribution in [-0.4, -0.2) is 18.1 Å². The van der Waals surface area contributed by atoms with Gasteiger partial charge in [0.1, 0.15) is 5.82 Å². The lowest BCUT2D eigenvalue weighted by Crippen LogP contribution is -2.39. The molecule has 1 aromatic rings. The van der Waals surface area contributed by atoms with Gasteiger partial charge in [-0.15, -0.1) is 0 Å². The highest BCUT2D eigenvalue weighted by molar-refractivity contribution is 5.44. The van der Waals surface area contributed by atoms with Gasteiger partial charge in [0, 0.05) is 30.7 Å². The number of pyridine rings is 1. The number of anilines is 1. The smallest absolute Gasteiger partial charge is 0.129 e. The molecule has 3 nitrogen and oxygen atoms in total. The first-order chi connectivity index (χ1) is 9.82. The Balaban J connectivity index is 2.33. The predicted molar refractivity (Wildman–Crippen MR) is 90.7 cm³/mol. The first-order valence-corrected chi connectivity index (χ1v) is 8.27. The Morgan fingerprint density at radius 2 is 1.90 bits per heavy atom. The van der Waals surface area contributed by atoms with Crippen molar-refractivity contribution in [3.05, 3.63) is 23.4 Å². The van der Waals surface area contributed by atoms with E-state index in [1.165, 1.54) is 31.2 Å². The molecule has 2 atom stereocenters. The van der Waals surface area contributed by atoms with Crippen molar-refractivity contribution in [2.45, 2.75) is 71.4 Å². The van der Waals surface area contributed by atoms with E-state index in [1.54, 1.807) is 0 Å².